The first kappa shape index (κ1) is 23.4. The minimum absolute atomic E-state index is 0.248. The number of allylic oxidation sites excluding steroid dienone is 2. The Balaban J connectivity index is 1.38. The number of imidazole rings is 1. The van der Waals surface area contributed by atoms with E-state index in [2.05, 4.69) is 25.9 Å². The third-order valence-corrected chi connectivity index (χ3v) is 6.26. The highest BCUT2D eigenvalue weighted by molar-refractivity contribution is 6.15. The SMILES string of the molecule is O=C(Nc1cncc(-c2cc(F)c3c(c2)C(c2nc4c([nH]2)C=CC=CN4)=NCCCN3)c1)c1ccccc1. The van der Waals surface area contributed by atoms with Crippen LogP contribution in [-0.2, 0) is 0 Å². The molecule has 2 aromatic carbocycles. The Bertz CT molecular complexity index is 1600. The number of rotatable bonds is 4. The molecule has 0 unspecified atom stereocenters. The zero-order valence-corrected chi connectivity index (χ0v) is 20.3. The first-order valence-corrected chi connectivity index (χ1v) is 12.3. The van der Waals surface area contributed by atoms with Crippen molar-refractivity contribution < 1.29 is 9.18 Å². The van der Waals surface area contributed by atoms with Crippen LogP contribution in [0.3, 0.4) is 0 Å². The number of aromatic nitrogens is 3. The Morgan fingerprint density at radius 2 is 1.92 bits per heavy atom. The van der Waals surface area contributed by atoms with E-state index in [1.54, 1.807) is 48.9 Å². The van der Waals surface area contributed by atoms with Gasteiger partial charge in [0.15, 0.2) is 11.6 Å². The second-order valence-electron chi connectivity index (χ2n) is 8.88. The standard InChI is InChI=1S/C29H24FN7O/c30-23-15-19(20-13-21(17-31-16-20)35-29(38)18-7-2-1-3-8-18)14-22-25(23)32-11-6-12-33-26(22)28-36-24-9-4-5-10-34-27(24)37-28/h1-5,7-10,13-17,32,34H,6,11-12H2,(H,35,38)(H,36,37). The molecule has 0 atom stereocenters. The Kier molecular flexibility index (Phi) is 6.23. The molecule has 4 N–H and O–H groups in total. The van der Waals surface area contributed by atoms with Gasteiger partial charge in [0.05, 0.1) is 23.3 Å². The number of hydrogen-bond donors (Lipinski definition) is 4. The number of hydrogen-bond acceptors (Lipinski definition) is 6. The molecule has 2 aliphatic heterocycles. The van der Waals surface area contributed by atoms with Gasteiger partial charge in [-0.05, 0) is 54.5 Å². The van der Waals surface area contributed by atoms with E-state index < -0.39 is 5.82 Å². The van der Waals surface area contributed by atoms with E-state index in [0.29, 0.717) is 64.1 Å². The summed E-state index contributed by atoms with van der Waals surface area (Å²) in [6.45, 7) is 1.18. The van der Waals surface area contributed by atoms with Crippen LogP contribution in [0, 0.1) is 5.82 Å². The van der Waals surface area contributed by atoms with Crippen LogP contribution in [-0.4, -0.2) is 39.7 Å². The van der Waals surface area contributed by atoms with Crippen LogP contribution in [0.4, 0.5) is 21.6 Å². The van der Waals surface area contributed by atoms with Crippen molar-refractivity contribution in [3.63, 3.8) is 0 Å². The van der Waals surface area contributed by atoms with E-state index in [1.165, 1.54) is 6.07 Å². The van der Waals surface area contributed by atoms with Gasteiger partial charge in [-0.1, -0.05) is 24.3 Å². The molecule has 0 fully saturated rings. The van der Waals surface area contributed by atoms with Crippen LogP contribution in [0.25, 0.3) is 17.2 Å². The van der Waals surface area contributed by atoms with Gasteiger partial charge in [-0.3, -0.25) is 14.8 Å². The quantitative estimate of drug-likeness (QED) is 0.294. The van der Waals surface area contributed by atoms with Gasteiger partial charge in [-0.2, -0.15) is 0 Å². The molecule has 8 nitrogen and oxygen atoms in total. The number of fused-ring (bicyclic) bond motifs is 2. The minimum atomic E-state index is -0.403. The van der Waals surface area contributed by atoms with E-state index in [9.17, 15) is 4.79 Å². The van der Waals surface area contributed by atoms with Crippen LogP contribution >= 0.6 is 0 Å². The summed E-state index contributed by atoms with van der Waals surface area (Å²) in [6, 6.07) is 14.1. The summed E-state index contributed by atoms with van der Waals surface area (Å²) in [4.78, 5) is 29.7. The molecule has 38 heavy (non-hydrogen) atoms. The van der Waals surface area contributed by atoms with Gasteiger partial charge in [0.1, 0.15) is 11.5 Å². The van der Waals surface area contributed by atoms with Gasteiger partial charge >= 0.3 is 0 Å². The number of carbonyl (C=O) groups is 1. The molecular formula is C29H24FN7O. The Hall–Kier alpha value is -5.05. The fraction of sp³-hybridized carbons (Fsp3) is 0.103. The summed E-state index contributed by atoms with van der Waals surface area (Å²) in [6.07, 6.45) is 11.5. The highest BCUT2D eigenvalue weighted by Gasteiger charge is 2.23. The van der Waals surface area contributed by atoms with Crippen LogP contribution in [0.5, 0.6) is 0 Å². The third kappa shape index (κ3) is 4.69. The van der Waals surface area contributed by atoms with Gasteiger partial charge in [-0.15, -0.1) is 0 Å². The molecule has 0 bridgehead atoms. The topological polar surface area (TPSA) is 107 Å². The second-order valence-corrected chi connectivity index (χ2v) is 8.88. The lowest BCUT2D eigenvalue weighted by Crippen LogP contribution is -2.17. The van der Waals surface area contributed by atoms with Crippen LogP contribution < -0.4 is 16.0 Å². The molecule has 188 valence electrons. The summed E-state index contributed by atoms with van der Waals surface area (Å²) in [5.74, 6) is 0.570. The molecule has 0 radical (unpaired) electrons. The van der Waals surface area contributed by atoms with Crippen molar-refractivity contribution in [3.8, 4) is 11.1 Å². The number of H-pyrrole nitrogens is 1. The fourth-order valence-corrected chi connectivity index (χ4v) is 4.43. The van der Waals surface area contributed by atoms with Gasteiger partial charge in [0.25, 0.3) is 5.91 Å². The largest absolute Gasteiger partial charge is 0.382 e. The van der Waals surface area contributed by atoms with Gasteiger partial charge in [0, 0.05) is 42.2 Å². The smallest absolute Gasteiger partial charge is 0.255 e. The average Bonchev–Trinajstić information content (AvgIpc) is 3.19. The van der Waals surface area contributed by atoms with Crippen molar-refractivity contribution in [2.24, 2.45) is 4.99 Å². The predicted molar refractivity (Wildman–Crippen MR) is 148 cm³/mol. The van der Waals surface area contributed by atoms with Crippen LogP contribution in [0.1, 0.15) is 33.9 Å². The van der Waals surface area contributed by atoms with E-state index >= 15 is 4.39 Å². The summed E-state index contributed by atoms with van der Waals surface area (Å²) in [5.41, 5.74) is 4.67. The highest BCUT2D eigenvalue weighted by Crippen LogP contribution is 2.32. The lowest BCUT2D eigenvalue weighted by atomic mass is 9.98. The van der Waals surface area contributed by atoms with Gasteiger partial charge in [-0.25, -0.2) is 9.37 Å². The van der Waals surface area contributed by atoms with Crippen molar-refractivity contribution in [1.29, 1.82) is 0 Å². The average molecular weight is 506 g/mol. The molecule has 1 amide bonds. The van der Waals surface area contributed by atoms with Crippen molar-refractivity contribution in [1.82, 2.24) is 15.0 Å². The van der Waals surface area contributed by atoms with Crippen molar-refractivity contribution in [2.75, 3.05) is 29.0 Å². The fourth-order valence-electron chi connectivity index (χ4n) is 4.43. The molecule has 2 aliphatic rings. The predicted octanol–water partition coefficient (Wildman–Crippen LogP) is 5.47. The molecule has 4 aromatic rings. The number of halogens is 1. The molecule has 0 saturated heterocycles. The Labute approximate surface area is 218 Å². The first-order valence-electron chi connectivity index (χ1n) is 12.3. The number of amides is 1. The molecule has 2 aromatic heterocycles. The number of anilines is 3. The molecule has 0 aliphatic carbocycles. The van der Waals surface area contributed by atoms with Crippen molar-refractivity contribution in [3.05, 3.63) is 108 Å². The minimum Gasteiger partial charge on any atom is -0.382 e. The molecular weight excluding hydrogens is 481 g/mol. The zero-order valence-electron chi connectivity index (χ0n) is 20.3. The monoisotopic (exact) mass is 505 g/mol. The summed E-state index contributed by atoms with van der Waals surface area (Å²) < 4.78 is 15.6. The lowest BCUT2D eigenvalue weighted by Gasteiger charge is -2.18. The molecule has 9 heteroatoms. The number of nitrogens with zero attached hydrogens (tertiary/aromatic N) is 3. The van der Waals surface area contributed by atoms with E-state index in [-0.39, 0.29) is 5.91 Å². The number of pyridine rings is 1. The second kappa shape index (κ2) is 10.1. The van der Waals surface area contributed by atoms with Crippen LogP contribution in [0.2, 0.25) is 0 Å². The first-order chi connectivity index (χ1) is 18.7. The molecule has 6 rings (SSSR count). The van der Waals surface area contributed by atoms with Gasteiger partial charge in [0.2, 0.25) is 0 Å². The Morgan fingerprint density at radius 3 is 2.82 bits per heavy atom. The van der Waals surface area contributed by atoms with E-state index in [4.69, 9.17) is 9.98 Å². The number of nitrogens with one attached hydrogen (secondary N) is 4. The Morgan fingerprint density at radius 1 is 1.03 bits per heavy atom. The van der Waals surface area contributed by atoms with Crippen LogP contribution in [0.15, 0.2) is 84.3 Å². The molecule has 0 saturated carbocycles. The number of benzene rings is 2. The summed E-state index contributed by atoms with van der Waals surface area (Å²) in [7, 11) is 0. The van der Waals surface area contributed by atoms with E-state index in [1.807, 2.05) is 30.4 Å². The maximum absolute atomic E-state index is 15.6. The number of carbonyl (C=O) groups excluding carboxylic acids is 1. The summed E-state index contributed by atoms with van der Waals surface area (Å²) in [5, 5.41) is 9.24. The molecule has 0 spiro atoms. The van der Waals surface area contributed by atoms with Gasteiger partial charge < -0.3 is 20.9 Å². The zero-order chi connectivity index (χ0) is 25.9. The lowest BCUT2D eigenvalue weighted by molar-refractivity contribution is 0.102. The molecule has 4 heterocycles. The third-order valence-electron chi connectivity index (χ3n) is 6.26. The maximum Gasteiger partial charge on any atom is 0.255 e. The highest BCUT2D eigenvalue weighted by atomic mass is 19.1. The van der Waals surface area contributed by atoms with Crippen molar-refractivity contribution >= 4 is 34.9 Å². The number of aliphatic imine (C=N–C) groups is 1. The maximum atomic E-state index is 15.6. The normalized spacial score (nSPS) is 14.1. The van der Waals surface area contributed by atoms with Crippen molar-refractivity contribution in [2.45, 2.75) is 6.42 Å². The number of aromatic amines is 1. The van der Waals surface area contributed by atoms with E-state index in [0.717, 1.165) is 12.1 Å². The summed E-state index contributed by atoms with van der Waals surface area (Å²) >= 11 is 0.